The van der Waals surface area contributed by atoms with Crippen molar-refractivity contribution in [1.29, 1.82) is 0 Å². The van der Waals surface area contributed by atoms with Gasteiger partial charge < -0.3 is 10.1 Å². The van der Waals surface area contributed by atoms with Gasteiger partial charge in [-0.25, -0.2) is 0 Å². The largest absolute Gasteiger partial charge is 0.479 e. The number of nitrogens with zero attached hydrogens (tertiary/aromatic N) is 2. The van der Waals surface area contributed by atoms with E-state index in [4.69, 9.17) is 4.74 Å². The summed E-state index contributed by atoms with van der Waals surface area (Å²) in [5.41, 5.74) is 1.68. The van der Waals surface area contributed by atoms with Gasteiger partial charge in [0.2, 0.25) is 5.91 Å². The first kappa shape index (κ1) is 16.0. The Hall–Kier alpha value is -2.89. The number of aromatic nitrogens is 1. The molecule has 2 amide bonds. The number of hydrogen-bond donors (Lipinski definition) is 1. The fraction of sp³-hybridized carbons (Fsp3) is 0.278. The minimum atomic E-state index is -0.594. The molecule has 0 unspecified atom stereocenters. The summed E-state index contributed by atoms with van der Waals surface area (Å²) >= 11 is 0. The zero-order valence-electron chi connectivity index (χ0n) is 13.4. The summed E-state index contributed by atoms with van der Waals surface area (Å²) in [6.45, 7) is 2.17. The predicted octanol–water partition coefficient (Wildman–Crippen LogP) is 1.55. The average molecular weight is 325 g/mol. The van der Waals surface area contributed by atoms with Gasteiger partial charge >= 0.3 is 0 Å². The van der Waals surface area contributed by atoms with E-state index in [9.17, 15) is 9.59 Å². The number of anilines is 1. The average Bonchev–Trinajstić information content (AvgIpc) is 2.60. The Bertz CT molecular complexity index is 733. The number of nitrogens with one attached hydrogen (secondary N) is 1. The van der Waals surface area contributed by atoms with E-state index in [0.717, 1.165) is 5.56 Å². The van der Waals surface area contributed by atoms with Crippen LogP contribution in [-0.4, -0.2) is 36.0 Å². The Morgan fingerprint density at radius 2 is 2.12 bits per heavy atom. The number of fused-ring (bicyclic) bond motifs is 1. The number of carbonyl (C=O) groups is 2. The molecule has 0 saturated carbocycles. The summed E-state index contributed by atoms with van der Waals surface area (Å²) in [7, 11) is 0. The standard InChI is InChI=1S/C18H19N3O3/c1-13-18(23)21(15-6-2-3-7-16(15)24-13)12-17(22)20-10-8-14-5-4-9-19-11-14/h2-7,9,11,13H,8,10,12H2,1H3,(H,20,22)/t13-/m1/s1. The second-order valence-corrected chi connectivity index (χ2v) is 5.61. The molecular formula is C18H19N3O3. The molecule has 1 aromatic heterocycles. The molecule has 1 atom stereocenters. The highest BCUT2D eigenvalue weighted by Crippen LogP contribution is 2.33. The van der Waals surface area contributed by atoms with Gasteiger partial charge in [0.1, 0.15) is 12.3 Å². The SMILES string of the molecule is C[C@H]1Oc2ccccc2N(CC(=O)NCCc2cccnc2)C1=O. The van der Waals surface area contributed by atoms with Crippen molar-refractivity contribution in [3.63, 3.8) is 0 Å². The molecular weight excluding hydrogens is 306 g/mol. The van der Waals surface area contributed by atoms with Crippen LogP contribution in [0.15, 0.2) is 48.8 Å². The van der Waals surface area contributed by atoms with E-state index in [-0.39, 0.29) is 18.4 Å². The monoisotopic (exact) mass is 325 g/mol. The molecule has 3 rings (SSSR count). The highest BCUT2D eigenvalue weighted by molar-refractivity contribution is 6.03. The second-order valence-electron chi connectivity index (χ2n) is 5.61. The fourth-order valence-electron chi connectivity index (χ4n) is 2.61. The molecule has 124 valence electrons. The number of carbonyl (C=O) groups excluding carboxylic acids is 2. The van der Waals surface area contributed by atoms with Crippen LogP contribution < -0.4 is 15.0 Å². The Morgan fingerprint density at radius 3 is 2.92 bits per heavy atom. The molecule has 0 saturated heterocycles. The van der Waals surface area contributed by atoms with E-state index < -0.39 is 6.10 Å². The van der Waals surface area contributed by atoms with Crippen molar-refractivity contribution in [1.82, 2.24) is 10.3 Å². The topological polar surface area (TPSA) is 71.5 Å². The van der Waals surface area contributed by atoms with Gasteiger partial charge in [0.25, 0.3) is 5.91 Å². The molecule has 6 heteroatoms. The molecule has 1 aliphatic heterocycles. The molecule has 1 N–H and O–H groups in total. The molecule has 1 aliphatic rings. The van der Waals surface area contributed by atoms with Crippen LogP contribution >= 0.6 is 0 Å². The number of ether oxygens (including phenoxy) is 1. The minimum absolute atomic E-state index is 0.0173. The van der Waals surface area contributed by atoms with Gasteiger partial charge in [0.05, 0.1) is 5.69 Å². The summed E-state index contributed by atoms with van der Waals surface area (Å²) < 4.78 is 5.56. The summed E-state index contributed by atoms with van der Waals surface area (Å²) in [4.78, 5) is 30.0. The van der Waals surface area contributed by atoms with Crippen LogP contribution in [0.1, 0.15) is 12.5 Å². The van der Waals surface area contributed by atoms with Crippen LogP contribution in [0.5, 0.6) is 5.75 Å². The van der Waals surface area contributed by atoms with Crippen molar-refractivity contribution in [2.45, 2.75) is 19.4 Å². The van der Waals surface area contributed by atoms with Gasteiger partial charge in [0, 0.05) is 18.9 Å². The number of para-hydroxylation sites is 2. The van der Waals surface area contributed by atoms with Crippen molar-refractivity contribution in [3.05, 3.63) is 54.4 Å². The maximum Gasteiger partial charge on any atom is 0.268 e. The van der Waals surface area contributed by atoms with Crippen LogP contribution in [0.2, 0.25) is 0 Å². The lowest BCUT2D eigenvalue weighted by molar-refractivity contribution is -0.128. The molecule has 0 radical (unpaired) electrons. The molecule has 0 fully saturated rings. The van der Waals surface area contributed by atoms with Crippen LogP contribution in [0.3, 0.4) is 0 Å². The summed E-state index contributed by atoms with van der Waals surface area (Å²) in [5.74, 6) is 0.208. The van der Waals surface area contributed by atoms with Crippen LogP contribution in [0, 0.1) is 0 Å². The van der Waals surface area contributed by atoms with Crippen molar-refractivity contribution in [2.24, 2.45) is 0 Å². The Labute approximate surface area is 140 Å². The van der Waals surface area contributed by atoms with Gasteiger partial charge in [-0.3, -0.25) is 19.5 Å². The highest BCUT2D eigenvalue weighted by Gasteiger charge is 2.32. The number of benzene rings is 1. The lowest BCUT2D eigenvalue weighted by Crippen LogP contribution is -2.49. The summed E-state index contributed by atoms with van der Waals surface area (Å²) in [6, 6.07) is 11.1. The number of pyridine rings is 1. The quantitative estimate of drug-likeness (QED) is 0.905. The zero-order valence-corrected chi connectivity index (χ0v) is 13.4. The van der Waals surface area contributed by atoms with E-state index in [2.05, 4.69) is 10.3 Å². The molecule has 6 nitrogen and oxygen atoms in total. The lowest BCUT2D eigenvalue weighted by Gasteiger charge is -2.32. The minimum Gasteiger partial charge on any atom is -0.479 e. The molecule has 24 heavy (non-hydrogen) atoms. The van der Waals surface area contributed by atoms with Crippen molar-refractivity contribution in [3.8, 4) is 5.75 Å². The van der Waals surface area contributed by atoms with Gasteiger partial charge in [-0.2, -0.15) is 0 Å². The maximum atomic E-state index is 12.3. The number of amides is 2. The van der Waals surface area contributed by atoms with Crippen LogP contribution in [0.25, 0.3) is 0 Å². The number of rotatable bonds is 5. The van der Waals surface area contributed by atoms with E-state index in [1.54, 1.807) is 31.5 Å². The Morgan fingerprint density at radius 1 is 1.29 bits per heavy atom. The van der Waals surface area contributed by atoms with Crippen molar-refractivity contribution in [2.75, 3.05) is 18.0 Å². The number of hydrogen-bond acceptors (Lipinski definition) is 4. The summed E-state index contributed by atoms with van der Waals surface area (Å²) in [6.07, 6.45) is 3.59. The van der Waals surface area contributed by atoms with E-state index >= 15 is 0 Å². The van der Waals surface area contributed by atoms with Crippen LogP contribution in [0.4, 0.5) is 5.69 Å². The van der Waals surface area contributed by atoms with Gasteiger partial charge in [-0.05, 0) is 37.1 Å². The highest BCUT2D eigenvalue weighted by atomic mass is 16.5. The zero-order chi connectivity index (χ0) is 16.9. The normalized spacial score (nSPS) is 16.3. The molecule has 0 spiro atoms. The van der Waals surface area contributed by atoms with E-state index in [1.807, 2.05) is 24.3 Å². The Kier molecular flexibility index (Phi) is 4.74. The third kappa shape index (κ3) is 3.53. The first-order valence-corrected chi connectivity index (χ1v) is 7.88. The maximum absolute atomic E-state index is 12.3. The van der Waals surface area contributed by atoms with Crippen molar-refractivity contribution < 1.29 is 14.3 Å². The van der Waals surface area contributed by atoms with E-state index in [1.165, 1.54) is 4.90 Å². The predicted molar refractivity (Wildman–Crippen MR) is 89.8 cm³/mol. The molecule has 2 heterocycles. The summed E-state index contributed by atoms with van der Waals surface area (Å²) in [5, 5.41) is 2.84. The van der Waals surface area contributed by atoms with E-state index in [0.29, 0.717) is 24.4 Å². The van der Waals surface area contributed by atoms with Gasteiger partial charge in [0.15, 0.2) is 6.10 Å². The first-order valence-electron chi connectivity index (χ1n) is 7.88. The molecule has 2 aromatic rings. The third-order valence-electron chi connectivity index (χ3n) is 3.83. The molecule has 0 bridgehead atoms. The first-order chi connectivity index (χ1) is 11.6. The van der Waals surface area contributed by atoms with Crippen molar-refractivity contribution >= 4 is 17.5 Å². The van der Waals surface area contributed by atoms with Gasteiger partial charge in [-0.1, -0.05) is 18.2 Å². The van der Waals surface area contributed by atoms with Crippen LogP contribution in [-0.2, 0) is 16.0 Å². The fourth-order valence-corrected chi connectivity index (χ4v) is 2.61. The molecule has 0 aliphatic carbocycles. The Balaban J connectivity index is 1.60. The second kappa shape index (κ2) is 7.12. The lowest BCUT2D eigenvalue weighted by atomic mass is 10.2. The van der Waals surface area contributed by atoms with Gasteiger partial charge in [-0.15, -0.1) is 0 Å². The third-order valence-corrected chi connectivity index (χ3v) is 3.83. The molecule has 1 aromatic carbocycles. The smallest absolute Gasteiger partial charge is 0.268 e.